The molecule has 1 aliphatic rings. The summed E-state index contributed by atoms with van der Waals surface area (Å²) in [6.45, 7) is 3.13. The number of hydrogen-bond donors (Lipinski definition) is 3. The quantitative estimate of drug-likeness (QED) is 0.501. The summed E-state index contributed by atoms with van der Waals surface area (Å²) in [6, 6.07) is -0.625. The average Bonchev–Trinajstić information content (AvgIpc) is 2.44. The van der Waals surface area contributed by atoms with Gasteiger partial charge in [-0.2, -0.15) is 0 Å². The van der Waals surface area contributed by atoms with Crippen LogP contribution in [-0.2, 0) is 9.59 Å². The molecule has 0 aromatic carbocycles. The van der Waals surface area contributed by atoms with Crippen LogP contribution in [0.4, 0.5) is 0 Å². The van der Waals surface area contributed by atoms with Gasteiger partial charge >= 0.3 is 0 Å². The molecule has 0 radical (unpaired) electrons. The fraction of sp³-hybridized carbons (Fsp3) is 0.778. The summed E-state index contributed by atoms with van der Waals surface area (Å²) in [5.74, 6) is -0.572. The number of hydrogen-bond acceptors (Lipinski definition) is 4. The zero-order valence-corrected chi connectivity index (χ0v) is 8.80. The molecule has 6 nitrogen and oxygen atoms in total. The maximum atomic E-state index is 11.7. The molecule has 1 aliphatic heterocycles. The molecule has 2 amide bonds. The molecule has 6 heteroatoms. The van der Waals surface area contributed by atoms with Crippen LogP contribution in [-0.4, -0.2) is 58.3 Å². The van der Waals surface area contributed by atoms with Crippen molar-refractivity contribution in [3.63, 3.8) is 0 Å². The number of carbonyl (C=O) groups is 2. The Bertz CT molecular complexity index is 259. The van der Waals surface area contributed by atoms with Crippen LogP contribution >= 0.6 is 0 Å². The summed E-state index contributed by atoms with van der Waals surface area (Å²) < 4.78 is 0. The van der Waals surface area contributed by atoms with Gasteiger partial charge < -0.3 is 20.4 Å². The van der Waals surface area contributed by atoms with Crippen molar-refractivity contribution in [3.05, 3.63) is 0 Å². The molecule has 1 saturated heterocycles. The highest BCUT2D eigenvalue weighted by molar-refractivity contribution is 5.86. The van der Waals surface area contributed by atoms with Gasteiger partial charge in [-0.05, 0) is 6.92 Å². The minimum absolute atomic E-state index is 0.115. The Morgan fingerprint density at radius 3 is 2.20 bits per heavy atom. The molecular weight excluding hydrogens is 200 g/mol. The molecule has 3 unspecified atom stereocenters. The van der Waals surface area contributed by atoms with Gasteiger partial charge in [0, 0.05) is 20.0 Å². The van der Waals surface area contributed by atoms with Crippen molar-refractivity contribution < 1.29 is 19.8 Å². The fourth-order valence-electron chi connectivity index (χ4n) is 1.59. The largest absolute Gasteiger partial charge is 0.388 e. The van der Waals surface area contributed by atoms with E-state index in [0.29, 0.717) is 0 Å². The van der Waals surface area contributed by atoms with E-state index in [1.54, 1.807) is 6.92 Å². The topological polar surface area (TPSA) is 89.9 Å². The lowest BCUT2D eigenvalue weighted by molar-refractivity contribution is -0.135. The van der Waals surface area contributed by atoms with Gasteiger partial charge in [0.05, 0.1) is 12.2 Å². The minimum Gasteiger partial charge on any atom is -0.388 e. The maximum absolute atomic E-state index is 11.7. The van der Waals surface area contributed by atoms with Crippen molar-refractivity contribution in [2.45, 2.75) is 32.1 Å². The maximum Gasteiger partial charge on any atom is 0.245 e. The van der Waals surface area contributed by atoms with E-state index < -0.39 is 18.2 Å². The molecule has 86 valence electrons. The van der Waals surface area contributed by atoms with Crippen molar-refractivity contribution in [2.75, 3.05) is 13.1 Å². The summed E-state index contributed by atoms with van der Waals surface area (Å²) in [6.07, 6.45) is -1.78. The zero-order valence-electron chi connectivity index (χ0n) is 8.80. The summed E-state index contributed by atoms with van der Waals surface area (Å²) in [5, 5.41) is 21.0. The smallest absolute Gasteiger partial charge is 0.245 e. The van der Waals surface area contributed by atoms with E-state index in [1.807, 2.05) is 0 Å². The van der Waals surface area contributed by atoms with Crippen molar-refractivity contribution in [1.82, 2.24) is 10.2 Å². The molecule has 3 N–H and O–H groups in total. The van der Waals surface area contributed by atoms with Gasteiger partial charge in [-0.3, -0.25) is 9.59 Å². The van der Waals surface area contributed by atoms with Crippen molar-refractivity contribution in [3.8, 4) is 0 Å². The average molecular weight is 216 g/mol. The Hall–Kier alpha value is -1.14. The van der Waals surface area contributed by atoms with E-state index in [0.717, 1.165) is 0 Å². The first kappa shape index (κ1) is 11.9. The molecule has 1 fully saturated rings. The number of carbonyl (C=O) groups excluding carboxylic acids is 2. The van der Waals surface area contributed by atoms with Crippen LogP contribution in [0, 0.1) is 0 Å². The Kier molecular flexibility index (Phi) is 3.65. The molecule has 0 aliphatic carbocycles. The summed E-state index contributed by atoms with van der Waals surface area (Å²) in [5.41, 5.74) is 0. The van der Waals surface area contributed by atoms with E-state index in [-0.39, 0.29) is 24.9 Å². The van der Waals surface area contributed by atoms with E-state index >= 15 is 0 Å². The molecule has 1 rings (SSSR count). The van der Waals surface area contributed by atoms with Crippen molar-refractivity contribution in [1.29, 1.82) is 0 Å². The number of aliphatic hydroxyl groups is 2. The molecule has 0 saturated carbocycles. The van der Waals surface area contributed by atoms with Gasteiger partial charge in [0.2, 0.25) is 11.8 Å². The van der Waals surface area contributed by atoms with Crippen LogP contribution in [0.3, 0.4) is 0 Å². The number of nitrogens with zero attached hydrogens (tertiary/aromatic N) is 1. The predicted octanol–water partition coefficient (Wildman–Crippen LogP) is -1.92. The molecule has 3 atom stereocenters. The van der Waals surface area contributed by atoms with Gasteiger partial charge in [0.15, 0.2) is 0 Å². The normalized spacial score (nSPS) is 27.6. The van der Waals surface area contributed by atoms with Crippen molar-refractivity contribution >= 4 is 11.8 Å². The molecule has 15 heavy (non-hydrogen) atoms. The molecular formula is C9H16N2O4. The lowest BCUT2D eigenvalue weighted by Crippen LogP contribution is -2.45. The number of amides is 2. The third kappa shape index (κ3) is 2.90. The molecule has 0 aromatic rings. The molecule has 0 aromatic heterocycles. The van der Waals surface area contributed by atoms with Gasteiger partial charge in [-0.15, -0.1) is 0 Å². The Balaban J connectivity index is 2.51. The Labute approximate surface area is 87.9 Å². The molecule has 0 bridgehead atoms. The fourth-order valence-corrected chi connectivity index (χ4v) is 1.59. The lowest BCUT2D eigenvalue weighted by atomic mass is 10.3. The van der Waals surface area contributed by atoms with Crippen LogP contribution in [0.25, 0.3) is 0 Å². The van der Waals surface area contributed by atoms with Gasteiger partial charge in [0.1, 0.15) is 6.04 Å². The monoisotopic (exact) mass is 216 g/mol. The highest BCUT2D eigenvalue weighted by Crippen LogP contribution is 2.11. The number of rotatable bonds is 2. The lowest BCUT2D eigenvalue weighted by Gasteiger charge is -2.20. The number of likely N-dealkylation sites (tertiary alicyclic amines) is 1. The highest BCUT2D eigenvalue weighted by atomic mass is 16.3. The van der Waals surface area contributed by atoms with Crippen LogP contribution < -0.4 is 5.32 Å². The van der Waals surface area contributed by atoms with Crippen LogP contribution in [0.1, 0.15) is 13.8 Å². The number of aliphatic hydroxyl groups excluding tert-OH is 2. The summed E-state index contributed by atoms with van der Waals surface area (Å²) in [4.78, 5) is 23.7. The van der Waals surface area contributed by atoms with E-state index in [9.17, 15) is 19.8 Å². The summed E-state index contributed by atoms with van der Waals surface area (Å²) in [7, 11) is 0. The van der Waals surface area contributed by atoms with E-state index in [4.69, 9.17) is 0 Å². The minimum atomic E-state index is -0.890. The molecule has 1 heterocycles. The number of β-amino-alcohol motifs (C(OH)–C–C–N with tert-alkyl or cyclic N) is 2. The first-order valence-corrected chi connectivity index (χ1v) is 4.84. The van der Waals surface area contributed by atoms with Gasteiger partial charge in [-0.1, -0.05) is 0 Å². The standard InChI is InChI=1S/C9H16N2O4/c1-5(10-6(2)12)9(15)11-3-7(13)8(14)4-11/h5,7-8,13-14H,3-4H2,1-2H3,(H,10,12). The third-order valence-corrected chi connectivity index (χ3v) is 2.36. The van der Waals surface area contributed by atoms with Crippen molar-refractivity contribution in [2.24, 2.45) is 0 Å². The Morgan fingerprint density at radius 2 is 1.80 bits per heavy atom. The zero-order chi connectivity index (χ0) is 11.6. The number of nitrogens with one attached hydrogen (secondary N) is 1. The van der Waals surface area contributed by atoms with Crippen LogP contribution in [0.2, 0.25) is 0 Å². The van der Waals surface area contributed by atoms with E-state index in [2.05, 4.69) is 5.32 Å². The SMILES string of the molecule is CC(=O)NC(C)C(=O)N1CC(O)C(O)C1. The van der Waals surface area contributed by atoms with E-state index in [1.165, 1.54) is 11.8 Å². The first-order valence-electron chi connectivity index (χ1n) is 4.84. The van der Waals surface area contributed by atoms with Gasteiger partial charge in [-0.25, -0.2) is 0 Å². The van der Waals surface area contributed by atoms with Crippen LogP contribution in [0.5, 0.6) is 0 Å². The van der Waals surface area contributed by atoms with Crippen LogP contribution in [0.15, 0.2) is 0 Å². The second-order valence-electron chi connectivity index (χ2n) is 3.80. The third-order valence-electron chi connectivity index (χ3n) is 2.36. The Morgan fingerprint density at radius 1 is 1.33 bits per heavy atom. The second kappa shape index (κ2) is 4.59. The first-order chi connectivity index (χ1) is 6.91. The summed E-state index contributed by atoms with van der Waals surface area (Å²) >= 11 is 0. The van der Waals surface area contributed by atoms with Gasteiger partial charge in [0.25, 0.3) is 0 Å². The molecule has 0 spiro atoms. The highest BCUT2D eigenvalue weighted by Gasteiger charge is 2.34. The predicted molar refractivity (Wildman–Crippen MR) is 51.9 cm³/mol. The second-order valence-corrected chi connectivity index (χ2v) is 3.80.